The molecule has 3 N–H and O–H groups in total. The van der Waals surface area contributed by atoms with E-state index in [0.717, 1.165) is 13.0 Å². The zero-order valence-corrected chi connectivity index (χ0v) is 8.08. The number of hydrogen-bond donors (Lipinski definition) is 2. The van der Waals surface area contributed by atoms with E-state index in [1.54, 1.807) is 7.05 Å². The summed E-state index contributed by atoms with van der Waals surface area (Å²) in [5.41, 5.74) is 5.67. The van der Waals surface area contributed by atoms with Gasteiger partial charge in [0.1, 0.15) is 6.04 Å². The Labute approximate surface area is 78.0 Å². The molecule has 0 aromatic rings. The molecule has 0 saturated carbocycles. The lowest BCUT2D eigenvalue weighted by molar-refractivity contribution is -0.127. The molecule has 0 radical (unpaired) electrons. The molecule has 1 aliphatic heterocycles. The Hall–Kier alpha value is -1.26. The Balaban J connectivity index is 2.76. The number of carbonyl (C=O) groups excluding carboxylic acids is 1. The van der Waals surface area contributed by atoms with Crippen LogP contribution in [-0.4, -0.2) is 42.9 Å². The second-order valence-corrected chi connectivity index (χ2v) is 2.99. The lowest BCUT2D eigenvalue weighted by atomic mass is 10.1. The van der Waals surface area contributed by atoms with Gasteiger partial charge in [-0.25, -0.2) is 0 Å². The lowest BCUT2D eigenvalue weighted by Gasteiger charge is -2.35. The summed E-state index contributed by atoms with van der Waals surface area (Å²) in [6.07, 6.45) is 0.752. The molecule has 1 fully saturated rings. The maximum Gasteiger partial charge on any atom is 0.242 e. The summed E-state index contributed by atoms with van der Waals surface area (Å²) in [5, 5.41) is 2.80. The van der Waals surface area contributed by atoms with Gasteiger partial charge in [-0.3, -0.25) is 9.79 Å². The molecular weight excluding hydrogens is 168 g/mol. The van der Waals surface area contributed by atoms with Crippen LogP contribution in [0.5, 0.6) is 0 Å². The van der Waals surface area contributed by atoms with Gasteiger partial charge in [0.15, 0.2) is 5.96 Å². The van der Waals surface area contributed by atoms with Crippen molar-refractivity contribution < 1.29 is 4.79 Å². The van der Waals surface area contributed by atoms with Crippen LogP contribution >= 0.6 is 0 Å². The molecule has 1 amide bonds. The summed E-state index contributed by atoms with van der Waals surface area (Å²) in [5.74, 6) is 0.488. The van der Waals surface area contributed by atoms with Crippen LogP contribution in [-0.2, 0) is 4.79 Å². The van der Waals surface area contributed by atoms with Crippen LogP contribution in [0.4, 0.5) is 0 Å². The largest absolute Gasteiger partial charge is 0.370 e. The van der Waals surface area contributed by atoms with Gasteiger partial charge >= 0.3 is 0 Å². The molecule has 1 saturated heterocycles. The first-order valence-corrected chi connectivity index (χ1v) is 4.47. The van der Waals surface area contributed by atoms with Crippen molar-refractivity contribution in [1.29, 1.82) is 0 Å². The quantitative estimate of drug-likeness (QED) is 0.411. The van der Waals surface area contributed by atoms with E-state index in [-0.39, 0.29) is 11.9 Å². The van der Waals surface area contributed by atoms with E-state index in [0.29, 0.717) is 12.5 Å². The molecule has 0 aliphatic carbocycles. The summed E-state index contributed by atoms with van der Waals surface area (Å²) >= 11 is 0. The highest BCUT2D eigenvalue weighted by atomic mass is 16.2. The Morgan fingerprint density at radius 2 is 2.54 bits per heavy atom. The summed E-state index contributed by atoms with van der Waals surface area (Å²) in [4.78, 5) is 17.1. The van der Waals surface area contributed by atoms with Crippen molar-refractivity contribution in [2.45, 2.75) is 19.4 Å². The third kappa shape index (κ3) is 1.91. The number of nitrogens with two attached hydrogens (primary N) is 1. The van der Waals surface area contributed by atoms with Gasteiger partial charge in [-0.1, -0.05) is 6.92 Å². The molecule has 74 valence electrons. The molecule has 1 aliphatic rings. The van der Waals surface area contributed by atoms with Crippen molar-refractivity contribution in [3.05, 3.63) is 0 Å². The van der Waals surface area contributed by atoms with Crippen molar-refractivity contribution in [1.82, 2.24) is 10.2 Å². The minimum Gasteiger partial charge on any atom is -0.370 e. The number of rotatable bonds is 1. The van der Waals surface area contributed by atoms with E-state index < -0.39 is 0 Å². The van der Waals surface area contributed by atoms with Crippen LogP contribution in [0.2, 0.25) is 0 Å². The fourth-order valence-corrected chi connectivity index (χ4v) is 1.52. The molecule has 0 spiro atoms. The molecule has 1 rings (SSSR count). The van der Waals surface area contributed by atoms with E-state index in [4.69, 9.17) is 5.73 Å². The number of aliphatic imine (C=N–C) groups is 1. The van der Waals surface area contributed by atoms with Crippen LogP contribution in [0.25, 0.3) is 0 Å². The van der Waals surface area contributed by atoms with Crippen molar-refractivity contribution >= 4 is 11.9 Å². The van der Waals surface area contributed by atoms with Crippen LogP contribution in [0.3, 0.4) is 0 Å². The van der Waals surface area contributed by atoms with Gasteiger partial charge < -0.3 is 16.0 Å². The van der Waals surface area contributed by atoms with Crippen molar-refractivity contribution in [3.8, 4) is 0 Å². The van der Waals surface area contributed by atoms with Crippen molar-refractivity contribution in [2.75, 3.05) is 20.1 Å². The Bertz CT molecular complexity index is 226. The second kappa shape index (κ2) is 4.11. The highest BCUT2D eigenvalue weighted by Gasteiger charge is 2.28. The first kappa shape index (κ1) is 9.83. The average Bonchev–Trinajstić information content (AvgIpc) is 2.16. The van der Waals surface area contributed by atoms with Gasteiger partial charge in [-0.15, -0.1) is 0 Å². The molecule has 0 bridgehead atoms. The zero-order valence-electron chi connectivity index (χ0n) is 8.08. The number of hydrogen-bond acceptors (Lipinski definition) is 2. The van der Waals surface area contributed by atoms with Crippen LogP contribution in [0.1, 0.15) is 13.3 Å². The van der Waals surface area contributed by atoms with E-state index in [9.17, 15) is 4.79 Å². The Morgan fingerprint density at radius 3 is 3.08 bits per heavy atom. The highest BCUT2D eigenvalue weighted by molar-refractivity contribution is 5.89. The Kier molecular flexibility index (Phi) is 3.11. The molecule has 1 heterocycles. The van der Waals surface area contributed by atoms with Gasteiger partial charge in [0.2, 0.25) is 5.91 Å². The van der Waals surface area contributed by atoms with Gasteiger partial charge in [0.05, 0.1) is 0 Å². The topological polar surface area (TPSA) is 70.7 Å². The van der Waals surface area contributed by atoms with Gasteiger partial charge in [-0.2, -0.15) is 0 Å². The first-order valence-electron chi connectivity index (χ1n) is 4.47. The normalized spacial score (nSPS) is 24.5. The minimum absolute atomic E-state index is 0.0420. The predicted molar refractivity (Wildman–Crippen MR) is 51.3 cm³/mol. The zero-order chi connectivity index (χ0) is 9.84. The Morgan fingerprint density at radius 1 is 1.85 bits per heavy atom. The summed E-state index contributed by atoms with van der Waals surface area (Å²) < 4.78 is 0. The predicted octanol–water partition coefficient (Wildman–Crippen LogP) is -0.859. The maximum absolute atomic E-state index is 11.4. The standard InChI is InChI=1S/C8H16N4O/c1-3-6-7(13)11-4-5-12(6)8(9)10-2/h6H,3-5H2,1-2H3,(H2,9,10)(H,11,13). The molecule has 0 aromatic heterocycles. The number of nitrogens with zero attached hydrogens (tertiary/aromatic N) is 2. The number of carbonyl (C=O) groups is 1. The number of guanidine groups is 1. The number of piperazine rings is 1. The van der Waals surface area contributed by atoms with Crippen LogP contribution in [0.15, 0.2) is 4.99 Å². The van der Waals surface area contributed by atoms with E-state index in [1.165, 1.54) is 0 Å². The summed E-state index contributed by atoms with van der Waals surface area (Å²) in [6, 6.07) is -0.155. The molecule has 13 heavy (non-hydrogen) atoms. The molecule has 1 atom stereocenters. The van der Waals surface area contributed by atoms with Gasteiger partial charge in [0, 0.05) is 20.1 Å². The number of amides is 1. The average molecular weight is 184 g/mol. The van der Waals surface area contributed by atoms with Crippen molar-refractivity contribution in [2.24, 2.45) is 10.7 Å². The maximum atomic E-state index is 11.4. The molecule has 1 unspecified atom stereocenters. The van der Waals surface area contributed by atoms with Crippen LogP contribution in [0, 0.1) is 0 Å². The summed E-state index contributed by atoms with van der Waals surface area (Å²) in [6.45, 7) is 3.35. The lowest BCUT2D eigenvalue weighted by Crippen LogP contribution is -2.58. The second-order valence-electron chi connectivity index (χ2n) is 2.99. The van der Waals surface area contributed by atoms with Crippen LogP contribution < -0.4 is 11.1 Å². The van der Waals surface area contributed by atoms with Crippen molar-refractivity contribution in [3.63, 3.8) is 0 Å². The number of nitrogens with one attached hydrogen (secondary N) is 1. The van der Waals surface area contributed by atoms with Gasteiger partial charge in [-0.05, 0) is 6.42 Å². The molecule has 5 nitrogen and oxygen atoms in total. The third-order valence-electron chi connectivity index (χ3n) is 2.24. The molecular formula is C8H16N4O. The third-order valence-corrected chi connectivity index (χ3v) is 2.24. The SMILES string of the molecule is CCC1C(=O)NCCN1C(N)=NC. The summed E-state index contributed by atoms with van der Waals surface area (Å²) in [7, 11) is 1.63. The molecule has 5 heteroatoms. The first-order chi connectivity index (χ1) is 6.20. The minimum atomic E-state index is -0.155. The van der Waals surface area contributed by atoms with Gasteiger partial charge in [0.25, 0.3) is 0 Å². The van der Waals surface area contributed by atoms with E-state index in [1.807, 2.05) is 11.8 Å². The highest BCUT2D eigenvalue weighted by Crippen LogP contribution is 2.07. The van der Waals surface area contributed by atoms with E-state index >= 15 is 0 Å². The fourth-order valence-electron chi connectivity index (χ4n) is 1.52. The van der Waals surface area contributed by atoms with E-state index in [2.05, 4.69) is 10.3 Å². The monoisotopic (exact) mass is 184 g/mol. The molecule has 0 aromatic carbocycles. The smallest absolute Gasteiger partial charge is 0.242 e. The fraction of sp³-hybridized carbons (Fsp3) is 0.750.